The van der Waals surface area contributed by atoms with Gasteiger partial charge in [0.05, 0.1) is 13.2 Å². The molecule has 1 atom stereocenters. The van der Waals surface area contributed by atoms with Gasteiger partial charge in [-0.15, -0.1) is 0 Å². The zero-order valence-corrected chi connectivity index (χ0v) is 15.0. The minimum Gasteiger partial charge on any atom is -0.493 e. The summed E-state index contributed by atoms with van der Waals surface area (Å²) in [5.41, 5.74) is 0.886. The Kier molecular flexibility index (Phi) is 6.30. The molecule has 8 heteroatoms. The number of nitrogens with zero attached hydrogens (tertiary/aromatic N) is 3. The Bertz CT molecular complexity index is 692. The smallest absolute Gasteiger partial charge is 0.387 e. The highest BCUT2D eigenvalue weighted by atomic mass is 19.3. The van der Waals surface area contributed by atoms with Crippen molar-refractivity contribution in [3.8, 4) is 11.5 Å². The molecule has 0 saturated heterocycles. The van der Waals surface area contributed by atoms with Crippen molar-refractivity contribution in [3.63, 3.8) is 0 Å². The lowest BCUT2D eigenvalue weighted by Gasteiger charge is -2.22. The number of ether oxygens (including phenoxy) is 2. The highest BCUT2D eigenvalue weighted by Crippen LogP contribution is 2.30. The molecule has 1 heterocycles. The number of hydrogen-bond donors (Lipinski definition) is 0. The van der Waals surface area contributed by atoms with Crippen molar-refractivity contribution >= 4 is 0 Å². The lowest BCUT2D eigenvalue weighted by Crippen LogP contribution is -2.22. The minimum absolute atomic E-state index is 0.00966. The Balaban J connectivity index is 2.09. The Hall–Kier alpha value is -2.22. The lowest BCUT2D eigenvalue weighted by molar-refractivity contribution is -0.0512. The van der Waals surface area contributed by atoms with Crippen molar-refractivity contribution in [1.82, 2.24) is 15.0 Å². The maximum Gasteiger partial charge on any atom is 0.387 e. The summed E-state index contributed by atoms with van der Waals surface area (Å²) in [7, 11) is 3.33. The molecule has 0 aliphatic carbocycles. The van der Waals surface area contributed by atoms with Crippen LogP contribution in [-0.2, 0) is 6.54 Å². The van der Waals surface area contributed by atoms with E-state index in [0.717, 1.165) is 5.56 Å². The van der Waals surface area contributed by atoms with Crippen molar-refractivity contribution in [2.75, 3.05) is 14.2 Å². The van der Waals surface area contributed by atoms with Crippen LogP contribution in [0.15, 0.2) is 22.7 Å². The van der Waals surface area contributed by atoms with Crippen LogP contribution in [0.1, 0.15) is 50.0 Å². The first-order chi connectivity index (χ1) is 11.8. The molecule has 1 unspecified atom stereocenters. The maximum absolute atomic E-state index is 12.4. The molecule has 0 N–H and O–H groups in total. The second-order valence-corrected chi connectivity index (χ2v) is 6.10. The van der Waals surface area contributed by atoms with Crippen LogP contribution in [0.5, 0.6) is 11.5 Å². The van der Waals surface area contributed by atoms with Crippen molar-refractivity contribution in [3.05, 3.63) is 35.5 Å². The Morgan fingerprint density at radius 2 is 1.92 bits per heavy atom. The van der Waals surface area contributed by atoms with Crippen molar-refractivity contribution in [2.45, 2.75) is 45.9 Å². The number of alkyl halides is 2. The standard InChI is InChI=1S/C17H23F2N3O3/c1-10(2)15-20-16(25-21-15)11(3)22(4)9-12-6-7-13(24-17(18)19)14(8-12)23-5/h6-8,10-11,17H,9H2,1-5H3. The number of hydrogen-bond acceptors (Lipinski definition) is 6. The van der Waals surface area contributed by atoms with E-state index in [4.69, 9.17) is 9.26 Å². The van der Waals surface area contributed by atoms with Crippen LogP contribution in [-0.4, -0.2) is 35.8 Å². The molecule has 0 aliphatic rings. The van der Waals surface area contributed by atoms with Gasteiger partial charge >= 0.3 is 6.61 Å². The van der Waals surface area contributed by atoms with E-state index in [1.165, 1.54) is 13.2 Å². The molecule has 0 amide bonds. The van der Waals surface area contributed by atoms with Gasteiger partial charge in [0.15, 0.2) is 17.3 Å². The minimum atomic E-state index is -2.89. The second kappa shape index (κ2) is 8.24. The summed E-state index contributed by atoms with van der Waals surface area (Å²) in [5, 5.41) is 3.97. The SMILES string of the molecule is COc1cc(CN(C)C(C)c2nc(C(C)C)no2)ccc1OC(F)F. The molecule has 1 aromatic carbocycles. The fraction of sp³-hybridized carbons (Fsp3) is 0.529. The third kappa shape index (κ3) is 4.88. The van der Waals surface area contributed by atoms with E-state index in [9.17, 15) is 8.78 Å². The first kappa shape index (κ1) is 19.1. The highest BCUT2D eigenvalue weighted by Gasteiger charge is 2.20. The summed E-state index contributed by atoms with van der Waals surface area (Å²) in [6.07, 6.45) is 0. The first-order valence-corrected chi connectivity index (χ1v) is 7.97. The van der Waals surface area contributed by atoms with E-state index >= 15 is 0 Å². The molecule has 6 nitrogen and oxygen atoms in total. The molecule has 25 heavy (non-hydrogen) atoms. The number of halogens is 2. The van der Waals surface area contributed by atoms with Gasteiger partial charge in [-0.05, 0) is 31.7 Å². The molecule has 0 fully saturated rings. The van der Waals surface area contributed by atoms with Crippen LogP contribution in [0.2, 0.25) is 0 Å². The highest BCUT2D eigenvalue weighted by molar-refractivity contribution is 5.43. The largest absolute Gasteiger partial charge is 0.493 e. The maximum atomic E-state index is 12.4. The molecule has 0 radical (unpaired) electrons. The van der Waals surface area contributed by atoms with Crippen LogP contribution >= 0.6 is 0 Å². The van der Waals surface area contributed by atoms with E-state index in [1.54, 1.807) is 12.1 Å². The van der Waals surface area contributed by atoms with Gasteiger partial charge < -0.3 is 14.0 Å². The quantitative estimate of drug-likeness (QED) is 0.713. The fourth-order valence-electron chi connectivity index (χ4n) is 2.27. The molecule has 0 aliphatic heterocycles. The average Bonchev–Trinajstić information content (AvgIpc) is 3.05. The van der Waals surface area contributed by atoms with E-state index < -0.39 is 6.61 Å². The van der Waals surface area contributed by atoms with Gasteiger partial charge in [-0.2, -0.15) is 13.8 Å². The van der Waals surface area contributed by atoms with E-state index in [0.29, 0.717) is 18.3 Å². The van der Waals surface area contributed by atoms with Crippen LogP contribution < -0.4 is 9.47 Å². The van der Waals surface area contributed by atoms with Gasteiger partial charge in [-0.25, -0.2) is 0 Å². The zero-order valence-electron chi connectivity index (χ0n) is 15.0. The van der Waals surface area contributed by atoms with Gasteiger partial charge in [0.25, 0.3) is 0 Å². The molecule has 2 aromatic rings. The molecule has 2 rings (SSSR count). The van der Waals surface area contributed by atoms with Crippen LogP contribution in [0.4, 0.5) is 8.78 Å². The second-order valence-electron chi connectivity index (χ2n) is 6.10. The Labute approximate surface area is 145 Å². The predicted octanol–water partition coefficient (Wildman–Crippen LogP) is 4.00. The average molecular weight is 355 g/mol. The summed E-state index contributed by atoms with van der Waals surface area (Å²) >= 11 is 0. The lowest BCUT2D eigenvalue weighted by atomic mass is 10.1. The topological polar surface area (TPSA) is 60.6 Å². The molecule has 0 bridgehead atoms. The number of rotatable bonds is 8. The van der Waals surface area contributed by atoms with E-state index in [-0.39, 0.29) is 23.5 Å². The zero-order chi connectivity index (χ0) is 18.6. The predicted molar refractivity (Wildman–Crippen MR) is 87.9 cm³/mol. The summed E-state index contributed by atoms with van der Waals surface area (Å²) in [6, 6.07) is 4.77. The molecule has 138 valence electrons. The summed E-state index contributed by atoms with van der Waals surface area (Å²) in [5.74, 6) is 1.68. The Morgan fingerprint density at radius 3 is 2.48 bits per heavy atom. The van der Waals surface area contributed by atoms with Gasteiger partial charge in [0.1, 0.15) is 0 Å². The number of methoxy groups -OCH3 is 1. The molecular weight excluding hydrogens is 332 g/mol. The summed E-state index contributed by atoms with van der Waals surface area (Å²) in [6.45, 7) is 3.61. The molecule has 1 aromatic heterocycles. The number of benzene rings is 1. The molecular formula is C17H23F2N3O3. The molecule has 0 saturated carbocycles. The van der Waals surface area contributed by atoms with E-state index in [2.05, 4.69) is 14.9 Å². The van der Waals surface area contributed by atoms with Crippen molar-refractivity contribution < 1.29 is 22.8 Å². The summed E-state index contributed by atoms with van der Waals surface area (Å²) in [4.78, 5) is 6.42. The fourth-order valence-corrected chi connectivity index (χ4v) is 2.27. The third-order valence-electron chi connectivity index (χ3n) is 3.87. The van der Waals surface area contributed by atoms with Crippen LogP contribution in [0.25, 0.3) is 0 Å². The van der Waals surface area contributed by atoms with Crippen LogP contribution in [0.3, 0.4) is 0 Å². The van der Waals surface area contributed by atoms with Gasteiger partial charge in [0.2, 0.25) is 5.89 Å². The summed E-state index contributed by atoms with van der Waals surface area (Å²) < 4.78 is 39.7. The van der Waals surface area contributed by atoms with E-state index in [1.807, 2.05) is 32.7 Å². The van der Waals surface area contributed by atoms with Gasteiger partial charge in [-0.3, -0.25) is 4.90 Å². The monoisotopic (exact) mass is 355 g/mol. The van der Waals surface area contributed by atoms with Gasteiger partial charge in [-0.1, -0.05) is 25.1 Å². The number of aromatic nitrogens is 2. The van der Waals surface area contributed by atoms with Crippen molar-refractivity contribution in [1.29, 1.82) is 0 Å². The first-order valence-electron chi connectivity index (χ1n) is 7.97. The van der Waals surface area contributed by atoms with Crippen molar-refractivity contribution in [2.24, 2.45) is 0 Å². The Morgan fingerprint density at radius 1 is 1.20 bits per heavy atom. The molecule has 0 spiro atoms. The van der Waals surface area contributed by atoms with Crippen LogP contribution in [0, 0.1) is 0 Å². The third-order valence-corrected chi connectivity index (χ3v) is 3.87. The normalized spacial score (nSPS) is 12.9. The van der Waals surface area contributed by atoms with Gasteiger partial charge in [0, 0.05) is 12.5 Å².